The highest BCUT2D eigenvalue weighted by Gasteiger charge is 2.55. The first-order valence-electron chi connectivity index (χ1n) is 14.0. The van der Waals surface area contributed by atoms with Gasteiger partial charge in [0.1, 0.15) is 6.10 Å². The largest absolute Gasteiger partial charge is 0.469 e. The molecule has 2 fully saturated rings. The molecule has 1 unspecified atom stereocenters. The van der Waals surface area contributed by atoms with Crippen molar-refractivity contribution in [2.24, 2.45) is 34.5 Å². The predicted molar refractivity (Wildman–Crippen MR) is 141 cm³/mol. The summed E-state index contributed by atoms with van der Waals surface area (Å²) < 4.78 is 10.9. The highest BCUT2D eigenvalue weighted by Crippen LogP contribution is 2.65. The third kappa shape index (κ3) is 4.35. The summed E-state index contributed by atoms with van der Waals surface area (Å²) in [6, 6.07) is 9.38. The van der Waals surface area contributed by atoms with Crippen molar-refractivity contribution >= 4 is 11.9 Å². The molecule has 0 heterocycles. The van der Waals surface area contributed by atoms with E-state index in [0.29, 0.717) is 35.7 Å². The Morgan fingerprint density at radius 1 is 1.06 bits per heavy atom. The van der Waals surface area contributed by atoms with Gasteiger partial charge in [0.2, 0.25) is 0 Å². The summed E-state index contributed by atoms with van der Waals surface area (Å²) >= 11 is 0. The molecule has 0 aromatic heterocycles. The van der Waals surface area contributed by atoms with Gasteiger partial charge in [0.15, 0.2) is 0 Å². The van der Waals surface area contributed by atoms with Crippen molar-refractivity contribution in [2.45, 2.75) is 84.7 Å². The third-order valence-electron chi connectivity index (χ3n) is 10.4. The van der Waals surface area contributed by atoms with Gasteiger partial charge in [0, 0.05) is 6.42 Å². The zero-order valence-corrected chi connectivity index (χ0v) is 22.4. The molecule has 0 saturated heterocycles. The first-order valence-corrected chi connectivity index (χ1v) is 14.0. The fraction of sp³-hybridized carbons (Fsp3) is 0.625. The number of esters is 2. The lowest BCUT2D eigenvalue weighted by atomic mass is 9.48. The number of rotatable bonds is 6. The van der Waals surface area contributed by atoms with Crippen LogP contribution in [0.5, 0.6) is 0 Å². The number of allylic oxidation sites excluding steroid dienone is 4. The lowest BCUT2D eigenvalue weighted by Gasteiger charge is -2.57. The molecular formula is C32H42O4. The van der Waals surface area contributed by atoms with Crippen LogP contribution in [0.15, 0.2) is 53.6 Å². The van der Waals surface area contributed by atoms with E-state index in [0.717, 1.165) is 38.5 Å². The summed E-state index contributed by atoms with van der Waals surface area (Å²) in [6.07, 6.45) is 14.3. The Morgan fingerprint density at radius 2 is 1.83 bits per heavy atom. The van der Waals surface area contributed by atoms with Crippen LogP contribution in [0.1, 0.15) is 88.9 Å². The first-order chi connectivity index (χ1) is 17.3. The van der Waals surface area contributed by atoms with Crippen LogP contribution < -0.4 is 0 Å². The van der Waals surface area contributed by atoms with E-state index in [9.17, 15) is 9.59 Å². The van der Waals surface area contributed by atoms with Crippen LogP contribution in [0.4, 0.5) is 0 Å². The Balaban J connectivity index is 1.27. The summed E-state index contributed by atoms with van der Waals surface area (Å²) in [6.45, 7) is 7.26. The van der Waals surface area contributed by atoms with Crippen LogP contribution in [0.25, 0.3) is 0 Å². The second-order valence-electron chi connectivity index (χ2n) is 12.3. The molecule has 0 aliphatic heterocycles. The molecule has 4 heteroatoms. The zero-order chi connectivity index (χ0) is 25.5. The Morgan fingerprint density at radius 3 is 2.58 bits per heavy atom. The van der Waals surface area contributed by atoms with Crippen LogP contribution in [-0.2, 0) is 14.3 Å². The molecule has 194 valence electrons. The summed E-state index contributed by atoms with van der Waals surface area (Å²) in [5, 5.41) is 0. The first kappa shape index (κ1) is 25.3. The lowest BCUT2D eigenvalue weighted by molar-refractivity contribution is -0.140. The molecule has 0 amide bonds. The van der Waals surface area contributed by atoms with Gasteiger partial charge in [-0.05, 0) is 98.0 Å². The van der Waals surface area contributed by atoms with Gasteiger partial charge in [-0.1, -0.05) is 62.3 Å². The average molecular weight is 491 g/mol. The van der Waals surface area contributed by atoms with Crippen molar-refractivity contribution in [3.63, 3.8) is 0 Å². The van der Waals surface area contributed by atoms with Crippen LogP contribution in [0.3, 0.4) is 0 Å². The van der Waals surface area contributed by atoms with E-state index in [1.165, 1.54) is 20.0 Å². The molecule has 4 aliphatic rings. The zero-order valence-electron chi connectivity index (χ0n) is 22.4. The van der Waals surface area contributed by atoms with Crippen LogP contribution in [0, 0.1) is 34.5 Å². The molecule has 1 aromatic rings. The maximum absolute atomic E-state index is 12.7. The van der Waals surface area contributed by atoms with Gasteiger partial charge < -0.3 is 9.47 Å². The number of carbonyl (C=O) groups excluding carboxylic acids is 2. The van der Waals surface area contributed by atoms with E-state index < -0.39 is 0 Å². The Bertz CT molecular complexity index is 1060. The highest BCUT2D eigenvalue weighted by atomic mass is 16.5. The number of benzene rings is 1. The number of fused-ring (bicyclic) bond motifs is 5. The maximum atomic E-state index is 12.7. The molecule has 2 saturated carbocycles. The molecule has 0 N–H and O–H groups in total. The summed E-state index contributed by atoms with van der Waals surface area (Å²) in [5.41, 5.74) is 4.34. The minimum atomic E-state index is -0.184. The Hall–Kier alpha value is -2.36. The monoisotopic (exact) mass is 490 g/mol. The molecule has 36 heavy (non-hydrogen) atoms. The topological polar surface area (TPSA) is 52.6 Å². The van der Waals surface area contributed by atoms with E-state index in [2.05, 4.69) is 32.9 Å². The third-order valence-corrected chi connectivity index (χ3v) is 10.4. The standard InChI is InChI=1S/C32H42O4/c1-21(10-15-29(33)35-4)26-13-14-27-25-12-11-23-20-24(36-30(34)22-8-6-5-7-9-22)16-18-31(23,2)28(25)17-19-32(26,27)3/h5-9,13,17,21,23-25,27H,10-12,14-16,18-20H2,1-4H3/t21-,23-,24-,25+,27?,31+,32-/m1/s1. The van der Waals surface area contributed by atoms with Crippen molar-refractivity contribution < 1.29 is 19.1 Å². The summed E-state index contributed by atoms with van der Waals surface area (Å²) in [5.74, 6) is 2.02. The van der Waals surface area contributed by atoms with Gasteiger partial charge in [-0.3, -0.25) is 4.79 Å². The minimum Gasteiger partial charge on any atom is -0.469 e. The van der Waals surface area contributed by atoms with E-state index in [-0.39, 0.29) is 28.9 Å². The van der Waals surface area contributed by atoms with Crippen molar-refractivity contribution in [3.8, 4) is 0 Å². The second-order valence-corrected chi connectivity index (χ2v) is 12.3. The molecule has 4 aliphatic carbocycles. The molecule has 0 radical (unpaired) electrons. The van der Waals surface area contributed by atoms with Crippen molar-refractivity contribution in [1.82, 2.24) is 0 Å². The Labute approximate surface area is 216 Å². The van der Waals surface area contributed by atoms with E-state index in [4.69, 9.17) is 9.47 Å². The number of ether oxygens (including phenoxy) is 2. The van der Waals surface area contributed by atoms with Crippen LogP contribution in [-0.4, -0.2) is 25.2 Å². The number of hydrogen-bond donors (Lipinski definition) is 0. The SMILES string of the molecule is COC(=O)CC[C@@H](C)C1=CCC2[C@@H]3CC[C@@H]4C[C@H](OC(=O)c5ccccc5)CC[C@]4(C)C3=CC[C@]12C. The second kappa shape index (κ2) is 9.84. The van der Waals surface area contributed by atoms with Crippen molar-refractivity contribution in [2.75, 3.05) is 7.11 Å². The van der Waals surface area contributed by atoms with E-state index in [1.54, 1.807) is 11.1 Å². The molecular weight excluding hydrogens is 448 g/mol. The molecule has 1 aromatic carbocycles. The average Bonchev–Trinajstić information content (AvgIpc) is 3.25. The predicted octanol–water partition coefficient (Wildman–Crippen LogP) is 7.30. The number of methoxy groups -OCH3 is 1. The van der Waals surface area contributed by atoms with Gasteiger partial charge in [-0.15, -0.1) is 0 Å². The van der Waals surface area contributed by atoms with Crippen molar-refractivity contribution in [3.05, 3.63) is 59.2 Å². The van der Waals surface area contributed by atoms with Gasteiger partial charge in [0.25, 0.3) is 0 Å². The van der Waals surface area contributed by atoms with Crippen molar-refractivity contribution in [1.29, 1.82) is 0 Å². The molecule has 0 bridgehead atoms. The number of carbonyl (C=O) groups is 2. The highest BCUT2D eigenvalue weighted by molar-refractivity contribution is 5.89. The molecule has 5 rings (SSSR count). The molecule has 4 nitrogen and oxygen atoms in total. The van der Waals surface area contributed by atoms with Gasteiger partial charge in [0.05, 0.1) is 12.7 Å². The summed E-state index contributed by atoms with van der Waals surface area (Å²) in [7, 11) is 1.48. The minimum absolute atomic E-state index is 0.0252. The van der Waals surface area contributed by atoms with E-state index >= 15 is 0 Å². The lowest BCUT2D eigenvalue weighted by Crippen LogP contribution is -2.48. The van der Waals surface area contributed by atoms with Gasteiger partial charge in [-0.2, -0.15) is 0 Å². The van der Waals surface area contributed by atoms with Gasteiger partial charge >= 0.3 is 11.9 Å². The molecule has 0 spiro atoms. The van der Waals surface area contributed by atoms with Crippen LogP contribution in [0.2, 0.25) is 0 Å². The smallest absolute Gasteiger partial charge is 0.338 e. The van der Waals surface area contributed by atoms with Gasteiger partial charge in [-0.25, -0.2) is 4.79 Å². The van der Waals surface area contributed by atoms with Crippen LogP contribution >= 0.6 is 0 Å². The summed E-state index contributed by atoms with van der Waals surface area (Å²) in [4.78, 5) is 24.4. The molecule has 7 atom stereocenters. The quantitative estimate of drug-likeness (QED) is 0.310. The number of hydrogen-bond acceptors (Lipinski definition) is 4. The van der Waals surface area contributed by atoms with E-state index in [1.807, 2.05) is 30.3 Å². The fourth-order valence-electron chi connectivity index (χ4n) is 8.36. The fourth-order valence-corrected chi connectivity index (χ4v) is 8.36. The Kier molecular flexibility index (Phi) is 6.91. The normalized spacial score (nSPS) is 35.9. The maximum Gasteiger partial charge on any atom is 0.338 e.